The average Bonchev–Trinajstić information content (AvgIpc) is 2.59. The molecule has 26 heavy (non-hydrogen) atoms. The van der Waals surface area contributed by atoms with E-state index in [2.05, 4.69) is 33.9 Å². The molecule has 0 saturated carbocycles. The van der Waals surface area contributed by atoms with Crippen LogP contribution in [0.1, 0.15) is 32.8 Å². The normalized spacial score (nSPS) is 27.5. The van der Waals surface area contributed by atoms with Gasteiger partial charge in [0.05, 0.1) is 19.3 Å². The Kier molecular flexibility index (Phi) is 7.41. The number of hydrogen-bond acceptors (Lipinski definition) is 5. The molecule has 1 aliphatic rings. The summed E-state index contributed by atoms with van der Waals surface area (Å²) in [4.78, 5) is 0. The quantitative estimate of drug-likeness (QED) is 0.729. The van der Waals surface area contributed by atoms with E-state index in [-0.39, 0.29) is 11.1 Å². The van der Waals surface area contributed by atoms with Crippen LogP contribution in [0, 0.1) is 0 Å². The van der Waals surface area contributed by atoms with Crippen molar-refractivity contribution in [2.24, 2.45) is 0 Å². The number of benzene rings is 1. The van der Waals surface area contributed by atoms with Gasteiger partial charge in [-0.05, 0) is 23.7 Å². The lowest BCUT2D eigenvalue weighted by molar-refractivity contribution is -0.257. The molecular weight excluding hydrogens is 348 g/mol. The first-order valence-corrected chi connectivity index (χ1v) is 12.2. The minimum atomic E-state index is -1.92. The van der Waals surface area contributed by atoms with Crippen molar-refractivity contribution in [3.05, 3.63) is 35.9 Å². The third-order valence-electron chi connectivity index (χ3n) is 5.50. The molecular formula is C20H34O5Si. The Morgan fingerprint density at radius 2 is 1.85 bits per heavy atom. The number of methoxy groups -OCH3 is 1. The predicted molar refractivity (Wildman–Crippen MR) is 104 cm³/mol. The molecule has 1 aromatic rings. The van der Waals surface area contributed by atoms with Gasteiger partial charge in [0.2, 0.25) is 0 Å². The maximum Gasteiger partial charge on any atom is 0.192 e. The Labute approximate surface area is 158 Å². The third kappa shape index (κ3) is 5.61. The highest BCUT2D eigenvalue weighted by atomic mass is 28.4. The first-order chi connectivity index (χ1) is 12.1. The molecule has 1 fully saturated rings. The molecule has 0 unspecified atom stereocenters. The van der Waals surface area contributed by atoms with E-state index in [1.165, 1.54) is 0 Å². The lowest BCUT2D eigenvalue weighted by atomic mass is 10.0. The lowest BCUT2D eigenvalue weighted by Crippen LogP contribution is -2.53. The summed E-state index contributed by atoms with van der Waals surface area (Å²) in [6, 6.07) is 9.96. The summed E-state index contributed by atoms with van der Waals surface area (Å²) in [5, 5.41) is 10.9. The Morgan fingerprint density at radius 1 is 1.19 bits per heavy atom. The third-order valence-corrected chi connectivity index (χ3v) is 10.00. The van der Waals surface area contributed by atoms with E-state index >= 15 is 0 Å². The second-order valence-corrected chi connectivity index (χ2v) is 13.3. The van der Waals surface area contributed by atoms with Crippen LogP contribution in [-0.2, 0) is 25.2 Å². The second-order valence-electron chi connectivity index (χ2n) is 8.47. The summed E-state index contributed by atoms with van der Waals surface area (Å²) in [5.74, 6) is 0. The highest BCUT2D eigenvalue weighted by Crippen LogP contribution is 2.37. The zero-order valence-corrected chi connectivity index (χ0v) is 17.9. The largest absolute Gasteiger partial charge is 0.414 e. The molecule has 0 aromatic heterocycles. The van der Waals surface area contributed by atoms with Gasteiger partial charge in [-0.1, -0.05) is 51.1 Å². The van der Waals surface area contributed by atoms with Gasteiger partial charge < -0.3 is 23.7 Å². The van der Waals surface area contributed by atoms with Crippen molar-refractivity contribution in [1.82, 2.24) is 0 Å². The zero-order valence-electron chi connectivity index (χ0n) is 16.9. The van der Waals surface area contributed by atoms with Crippen molar-refractivity contribution in [1.29, 1.82) is 0 Å². The summed E-state index contributed by atoms with van der Waals surface area (Å²) in [6.45, 7) is 11.8. The maximum atomic E-state index is 10.7. The van der Waals surface area contributed by atoms with Crippen LogP contribution in [0.3, 0.4) is 0 Å². The minimum absolute atomic E-state index is 0.108. The fraction of sp³-hybridized carbons (Fsp3) is 0.700. The monoisotopic (exact) mass is 382 g/mol. The van der Waals surface area contributed by atoms with Crippen molar-refractivity contribution in [3.8, 4) is 0 Å². The molecule has 2 rings (SSSR count). The van der Waals surface area contributed by atoms with Crippen LogP contribution in [0.15, 0.2) is 30.3 Å². The Balaban J connectivity index is 1.98. The van der Waals surface area contributed by atoms with Crippen LogP contribution in [0.4, 0.5) is 0 Å². The van der Waals surface area contributed by atoms with Crippen molar-refractivity contribution in [3.63, 3.8) is 0 Å². The molecule has 1 saturated heterocycles. The molecule has 0 radical (unpaired) electrons. The van der Waals surface area contributed by atoms with Crippen LogP contribution in [0.25, 0.3) is 0 Å². The summed E-state index contributed by atoms with van der Waals surface area (Å²) in [6.07, 6.45) is -1.44. The smallest absolute Gasteiger partial charge is 0.192 e. The molecule has 148 valence electrons. The van der Waals surface area contributed by atoms with E-state index in [1.807, 2.05) is 30.3 Å². The van der Waals surface area contributed by atoms with E-state index in [0.29, 0.717) is 19.6 Å². The topological polar surface area (TPSA) is 57.2 Å². The number of rotatable bonds is 7. The average molecular weight is 383 g/mol. The van der Waals surface area contributed by atoms with E-state index in [9.17, 15) is 5.11 Å². The zero-order chi connectivity index (χ0) is 19.4. The highest BCUT2D eigenvalue weighted by molar-refractivity contribution is 6.74. The van der Waals surface area contributed by atoms with Crippen LogP contribution in [0.5, 0.6) is 0 Å². The summed E-state index contributed by atoms with van der Waals surface area (Å²) < 4.78 is 23.5. The SMILES string of the molecule is CO[C@@H]1C[C@@H](OCc2ccccc2)[C@H](O)[C@@H](CO[Si](C)(C)C(C)(C)C)O1. The van der Waals surface area contributed by atoms with Crippen LogP contribution in [0.2, 0.25) is 18.1 Å². The molecule has 1 aliphatic heterocycles. The van der Waals surface area contributed by atoms with Gasteiger partial charge in [-0.3, -0.25) is 0 Å². The molecule has 4 atom stereocenters. The molecule has 0 bridgehead atoms. The summed E-state index contributed by atoms with van der Waals surface area (Å²) in [5.41, 5.74) is 1.08. The van der Waals surface area contributed by atoms with Gasteiger partial charge in [0.1, 0.15) is 12.2 Å². The summed E-state index contributed by atoms with van der Waals surface area (Å²) >= 11 is 0. The van der Waals surface area contributed by atoms with Gasteiger partial charge in [-0.15, -0.1) is 0 Å². The first-order valence-electron chi connectivity index (χ1n) is 9.30. The van der Waals surface area contributed by atoms with E-state index < -0.39 is 26.8 Å². The molecule has 5 nitrogen and oxygen atoms in total. The van der Waals surface area contributed by atoms with Gasteiger partial charge in [0.25, 0.3) is 0 Å². The van der Waals surface area contributed by atoms with Crippen molar-refractivity contribution in [2.75, 3.05) is 13.7 Å². The van der Waals surface area contributed by atoms with E-state index in [4.69, 9.17) is 18.6 Å². The van der Waals surface area contributed by atoms with Crippen LogP contribution in [-0.4, -0.2) is 51.7 Å². The van der Waals surface area contributed by atoms with Gasteiger partial charge in [0, 0.05) is 13.5 Å². The number of aliphatic hydroxyl groups is 1. The predicted octanol–water partition coefficient (Wildman–Crippen LogP) is 3.72. The van der Waals surface area contributed by atoms with Gasteiger partial charge in [-0.25, -0.2) is 0 Å². The second kappa shape index (κ2) is 8.95. The molecule has 1 N–H and O–H groups in total. The molecule has 1 heterocycles. The Hall–Kier alpha value is -0.763. The molecule has 0 amide bonds. The Morgan fingerprint density at radius 3 is 2.42 bits per heavy atom. The molecule has 0 spiro atoms. The lowest BCUT2D eigenvalue weighted by Gasteiger charge is -2.41. The van der Waals surface area contributed by atoms with E-state index in [0.717, 1.165) is 5.56 Å². The molecule has 0 aliphatic carbocycles. The van der Waals surface area contributed by atoms with Gasteiger partial charge in [-0.2, -0.15) is 0 Å². The van der Waals surface area contributed by atoms with E-state index in [1.54, 1.807) is 7.11 Å². The maximum absolute atomic E-state index is 10.7. The molecule has 6 heteroatoms. The summed E-state index contributed by atoms with van der Waals surface area (Å²) in [7, 11) is -0.303. The number of hydrogen-bond donors (Lipinski definition) is 1. The standard InChI is InChI=1S/C20H34O5Si/c1-20(2,3)26(5,6)24-14-17-19(21)16(12-18(22-4)25-17)23-13-15-10-8-7-9-11-15/h7-11,16-19,21H,12-14H2,1-6H3/t16-,17-,18+,19+/m1/s1. The van der Waals surface area contributed by atoms with Crippen molar-refractivity contribution < 1.29 is 23.7 Å². The van der Waals surface area contributed by atoms with Crippen molar-refractivity contribution >= 4 is 8.32 Å². The number of ether oxygens (including phenoxy) is 3. The van der Waals surface area contributed by atoms with Gasteiger partial charge >= 0.3 is 0 Å². The fourth-order valence-corrected chi connectivity index (χ4v) is 3.65. The number of aliphatic hydroxyl groups excluding tert-OH is 1. The van der Waals surface area contributed by atoms with Crippen LogP contribution < -0.4 is 0 Å². The van der Waals surface area contributed by atoms with Crippen LogP contribution >= 0.6 is 0 Å². The van der Waals surface area contributed by atoms with Gasteiger partial charge in [0.15, 0.2) is 14.6 Å². The van der Waals surface area contributed by atoms with Crippen molar-refractivity contribution in [2.45, 2.75) is 76.5 Å². The molecule has 1 aromatic carbocycles. The Bertz CT molecular complexity index is 543. The first kappa shape index (κ1) is 21.5. The highest BCUT2D eigenvalue weighted by Gasteiger charge is 2.42. The minimum Gasteiger partial charge on any atom is -0.414 e. The fourth-order valence-electron chi connectivity index (χ4n) is 2.64.